The van der Waals surface area contributed by atoms with E-state index in [4.69, 9.17) is 0 Å². The highest BCUT2D eigenvalue weighted by atomic mass is 19.3. The number of ether oxygens (including phenoxy) is 1. The SMILES string of the molecule is CCCC1CCC(/C=C/C(F)(F)Oc2cc(F)c(F)c(F)c2)CC1. The second-order valence-electron chi connectivity index (χ2n) is 6.29. The van der Waals surface area contributed by atoms with Crippen LogP contribution in [0.25, 0.3) is 0 Å². The van der Waals surface area contributed by atoms with Gasteiger partial charge in [-0.25, -0.2) is 13.2 Å². The van der Waals surface area contributed by atoms with Gasteiger partial charge >= 0.3 is 6.11 Å². The first kappa shape index (κ1) is 18.7. The average Bonchev–Trinajstić information content (AvgIpc) is 2.52. The molecular formula is C18H21F5O. The highest BCUT2D eigenvalue weighted by Crippen LogP contribution is 2.33. The first-order chi connectivity index (χ1) is 11.3. The summed E-state index contributed by atoms with van der Waals surface area (Å²) in [7, 11) is 0. The van der Waals surface area contributed by atoms with Gasteiger partial charge < -0.3 is 4.74 Å². The van der Waals surface area contributed by atoms with Crippen LogP contribution in [-0.2, 0) is 0 Å². The molecule has 0 N–H and O–H groups in total. The number of hydrogen-bond donors (Lipinski definition) is 0. The van der Waals surface area contributed by atoms with Crippen LogP contribution in [0, 0.1) is 29.3 Å². The zero-order chi connectivity index (χ0) is 17.7. The predicted molar refractivity (Wildman–Crippen MR) is 81.4 cm³/mol. The van der Waals surface area contributed by atoms with Crippen LogP contribution in [0.1, 0.15) is 45.4 Å². The maximum absolute atomic E-state index is 13.8. The Morgan fingerprint density at radius 2 is 1.67 bits per heavy atom. The minimum Gasteiger partial charge on any atom is -0.429 e. The third kappa shape index (κ3) is 5.21. The fraction of sp³-hybridized carbons (Fsp3) is 0.556. The second kappa shape index (κ2) is 7.99. The van der Waals surface area contributed by atoms with Crippen molar-refractivity contribution in [2.75, 3.05) is 0 Å². The lowest BCUT2D eigenvalue weighted by Gasteiger charge is -2.26. The molecule has 0 aromatic heterocycles. The highest BCUT2D eigenvalue weighted by Gasteiger charge is 2.30. The van der Waals surface area contributed by atoms with E-state index >= 15 is 0 Å². The molecule has 134 valence electrons. The Morgan fingerprint density at radius 3 is 2.21 bits per heavy atom. The number of alkyl halides is 2. The smallest absolute Gasteiger partial charge is 0.419 e. The molecule has 1 saturated carbocycles. The van der Waals surface area contributed by atoms with Crippen molar-refractivity contribution < 1.29 is 26.7 Å². The van der Waals surface area contributed by atoms with Gasteiger partial charge in [-0.1, -0.05) is 25.8 Å². The van der Waals surface area contributed by atoms with Gasteiger partial charge in [0.05, 0.1) is 0 Å². The van der Waals surface area contributed by atoms with Gasteiger partial charge in [0.2, 0.25) is 0 Å². The zero-order valence-corrected chi connectivity index (χ0v) is 13.5. The highest BCUT2D eigenvalue weighted by molar-refractivity contribution is 5.25. The van der Waals surface area contributed by atoms with E-state index in [0.29, 0.717) is 24.1 Å². The molecule has 0 spiro atoms. The Labute approximate surface area is 138 Å². The summed E-state index contributed by atoms with van der Waals surface area (Å²) in [5.74, 6) is -4.90. The quantitative estimate of drug-likeness (QED) is 0.336. The predicted octanol–water partition coefficient (Wildman–Crippen LogP) is 6.24. The van der Waals surface area contributed by atoms with Crippen LogP contribution in [-0.4, -0.2) is 6.11 Å². The van der Waals surface area contributed by atoms with Gasteiger partial charge in [0.15, 0.2) is 17.5 Å². The Hall–Kier alpha value is -1.59. The fourth-order valence-electron chi connectivity index (χ4n) is 3.11. The number of allylic oxidation sites excluding steroid dienone is 1. The zero-order valence-electron chi connectivity index (χ0n) is 13.5. The van der Waals surface area contributed by atoms with Crippen LogP contribution in [0.4, 0.5) is 22.0 Å². The standard InChI is InChI=1S/C18H21F5O/c1-2-3-12-4-6-13(7-5-12)8-9-18(22,23)24-14-10-15(19)17(21)16(20)11-14/h8-13H,2-7H2,1H3/b9-8+. The average molecular weight is 348 g/mol. The molecule has 1 nitrogen and oxygen atoms in total. The van der Waals surface area contributed by atoms with Gasteiger partial charge in [0.1, 0.15) is 5.75 Å². The van der Waals surface area contributed by atoms with E-state index < -0.39 is 29.3 Å². The van der Waals surface area contributed by atoms with Crippen molar-refractivity contribution in [2.45, 2.75) is 51.6 Å². The van der Waals surface area contributed by atoms with Crippen LogP contribution in [0.5, 0.6) is 5.75 Å². The molecule has 0 atom stereocenters. The van der Waals surface area contributed by atoms with E-state index in [-0.39, 0.29) is 5.92 Å². The van der Waals surface area contributed by atoms with Gasteiger partial charge in [-0.2, -0.15) is 8.78 Å². The lowest BCUT2D eigenvalue weighted by atomic mass is 9.80. The lowest BCUT2D eigenvalue weighted by Crippen LogP contribution is -2.22. The van der Waals surface area contributed by atoms with E-state index in [9.17, 15) is 22.0 Å². The topological polar surface area (TPSA) is 9.23 Å². The summed E-state index contributed by atoms with van der Waals surface area (Å²) in [6.07, 6.45) is 4.31. The van der Waals surface area contributed by atoms with Crippen molar-refractivity contribution >= 4 is 0 Å². The summed E-state index contributed by atoms with van der Waals surface area (Å²) in [4.78, 5) is 0. The summed E-state index contributed by atoms with van der Waals surface area (Å²) in [6, 6.07) is 0.798. The van der Waals surface area contributed by atoms with Gasteiger partial charge in [-0.05, 0) is 37.5 Å². The molecule has 6 heteroatoms. The molecule has 1 aliphatic carbocycles. The Morgan fingerprint density at radius 1 is 1.08 bits per heavy atom. The third-order valence-electron chi connectivity index (χ3n) is 4.36. The van der Waals surface area contributed by atoms with Gasteiger partial charge in [-0.15, -0.1) is 0 Å². The second-order valence-corrected chi connectivity index (χ2v) is 6.29. The number of halogens is 5. The fourth-order valence-corrected chi connectivity index (χ4v) is 3.11. The number of benzene rings is 1. The molecular weight excluding hydrogens is 327 g/mol. The van der Waals surface area contributed by atoms with E-state index in [2.05, 4.69) is 11.7 Å². The maximum atomic E-state index is 13.8. The van der Waals surface area contributed by atoms with Crippen molar-refractivity contribution in [3.05, 3.63) is 41.7 Å². The van der Waals surface area contributed by atoms with E-state index in [1.807, 2.05) is 0 Å². The van der Waals surface area contributed by atoms with Crippen LogP contribution >= 0.6 is 0 Å². The summed E-state index contributed by atoms with van der Waals surface area (Å²) < 4.78 is 70.7. The first-order valence-electron chi connectivity index (χ1n) is 8.21. The van der Waals surface area contributed by atoms with Crippen molar-refractivity contribution in [1.82, 2.24) is 0 Å². The Bertz CT molecular complexity index is 554. The molecule has 0 saturated heterocycles. The molecule has 1 aromatic rings. The van der Waals surface area contributed by atoms with Crippen molar-refractivity contribution in [3.8, 4) is 5.75 Å². The normalized spacial score (nSPS) is 22.1. The number of hydrogen-bond acceptors (Lipinski definition) is 1. The van der Waals surface area contributed by atoms with Crippen LogP contribution in [0.2, 0.25) is 0 Å². The van der Waals surface area contributed by atoms with Crippen LogP contribution < -0.4 is 4.74 Å². The summed E-state index contributed by atoms with van der Waals surface area (Å²) in [5, 5.41) is 0. The Balaban J connectivity index is 1.94. The van der Waals surface area contributed by atoms with E-state index in [0.717, 1.165) is 38.5 Å². The minimum absolute atomic E-state index is 0.0503. The molecule has 1 fully saturated rings. The van der Waals surface area contributed by atoms with Gasteiger partial charge in [-0.3, -0.25) is 0 Å². The minimum atomic E-state index is -3.71. The molecule has 1 aliphatic rings. The van der Waals surface area contributed by atoms with Crippen molar-refractivity contribution in [1.29, 1.82) is 0 Å². The molecule has 0 bridgehead atoms. The molecule has 2 rings (SSSR count). The molecule has 0 aliphatic heterocycles. The Kier molecular flexibility index (Phi) is 6.24. The van der Waals surface area contributed by atoms with E-state index in [1.54, 1.807) is 0 Å². The first-order valence-corrected chi connectivity index (χ1v) is 8.21. The third-order valence-corrected chi connectivity index (χ3v) is 4.36. The number of rotatable bonds is 6. The van der Waals surface area contributed by atoms with Crippen LogP contribution in [0.15, 0.2) is 24.3 Å². The van der Waals surface area contributed by atoms with Gasteiger partial charge in [0.25, 0.3) is 0 Å². The van der Waals surface area contributed by atoms with Gasteiger partial charge in [0, 0.05) is 18.2 Å². The molecule has 1 aromatic carbocycles. The molecule has 0 unspecified atom stereocenters. The van der Waals surface area contributed by atoms with Crippen LogP contribution in [0.3, 0.4) is 0 Å². The molecule has 0 heterocycles. The van der Waals surface area contributed by atoms with Crippen molar-refractivity contribution in [3.63, 3.8) is 0 Å². The summed E-state index contributed by atoms with van der Waals surface area (Å²) >= 11 is 0. The van der Waals surface area contributed by atoms with E-state index in [1.165, 1.54) is 6.08 Å². The monoisotopic (exact) mass is 348 g/mol. The molecule has 0 radical (unpaired) electrons. The van der Waals surface area contributed by atoms with Crippen molar-refractivity contribution in [2.24, 2.45) is 11.8 Å². The summed E-state index contributed by atoms with van der Waals surface area (Å²) in [6.45, 7) is 2.13. The summed E-state index contributed by atoms with van der Waals surface area (Å²) in [5.41, 5.74) is 0. The lowest BCUT2D eigenvalue weighted by molar-refractivity contribution is -0.132. The molecule has 24 heavy (non-hydrogen) atoms. The largest absolute Gasteiger partial charge is 0.429 e. The molecule has 0 amide bonds. The maximum Gasteiger partial charge on any atom is 0.419 e.